The number of hydrogen-bond donors (Lipinski definition) is 1. The van der Waals surface area contributed by atoms with Crippen molar-refractivity contribution in [2.24, 2.45) is 5.10 Å². The Bertz CT molecular complexity index is 1080. The van der Waals surface area contributed by atoms with Gasteiger partial charge in [-0.15, -0.1) is 0 Å². The first-order valence-electron chi connectivity index (χ1n) is 9.05. The van der Waals surface area contributed by atoms with Crippen LogP contribution in [0.2, 0.25) is 10.0 Å². The highest BCUT2D eigenvalue weighted by atomic mass is 35.5. The maximum Gasteiger partial charge on any atom is 0.269 e. The fourth-order valence-corrected chi connectivity index (χ4v) is 3.38. The molecule has 0 aliphatic heterocycles. The molecule has 0 heterocycles. The van der Waals surface area contributed by atoms with Crippen LogP contribution in [-0.2, 0) is 6.61 Å². The molecule has 0 aliphatic rings. The number of ether oxygens (including phenoxy) is 1. The van der Waals surface area contributed by atoms with Crippen molar-refractivity contribution in [3.63, 3.8) is 0 Å². The summed E-state index contributed by atoms with van der Waals surface area (Å²) in [5.74, 6) is 0.793. The van der Waals surface area contributed by atoms with E-state index in [2.05, 4.69) is 10.5 Å². The maximum absolute atomic E-state index is 10.7. The molecule has 154 valence electrons. The molecule has 0 saturated heterocycles. The van der Waals surface area contributed by atoms with Crippen LogP contribution in [0.4, 0.5) is 11.4 Å². The Morgan fingerprint density at radius 1 is 1.07 bits per heavy atom. The van der Waals surface area contributed by atoms with Gasteiger partial charge in [-0.2, -0.15) is 5.10 Å². The molecule has 30 heavy (non-hydrogen) atoms. The standard InChI is InChI=1S/C22H19Cl2N3O3/c1-14-9-16(12-25-26-19-5-7-20(8-6-19)27(28)29)10-15(2)22(14)30-13-17-3-4-18(23)11-21(17)24/h3-12,26H,13H2,1-2H3/b25-12+. The van der Waals surface area contributed by atoms with E-state index in [4.69, 9.17) is 27.9 Å². The second kappa shape index (κ2) is 9.61. The van der Waals surface area contributed by atoms with Gasteiger partial charge in [0.2, 0.25) is 0 Å². The van der Waals surface area contributed by atoms with E-state index < -0.39 is 4.92 Å². The van der Waals surface area contributed by atoms with Gasteiger partial charge in [0.25, 0.3) is 5.69 Å². The Hall–Kier alpha value is -3.09. The van der Waals surface area contributed by atoms with Crippen molar-refractivity contribution < 1.29 is 9.66 Å². The van der Waals surface area contributed by atoms with Crippen molar-refractivity contribution in [3.8, 4) is 5.75 Å². The van der Waals surface area contributed by atoms with E-state index >= 15 is 0 Å². The van der Waals surface area contributed by atoms with E-state index in [1.165, 1.54) is 12.1 Å². The third-order valence-electron chi connectivity index (χ3n) is 4.36. The van der Waals surface area contributed by atoms with Crippen LogP contribution in [0.5, 0.6) is 5.75 Å². The summed E-state index contributed by atoms with van der Waals surface area (Å²) in [5, 5.41) is 16.0. The monoisotopic (exact) mass is 443 g/mol. The smallest absolute Gasteiger partial charge is 0.269 e. The summed E-state index contributed by atoms with van der Waals surface area (Å²) in [6, 6.07) is 15.3. The Balaban J connectivity index is 1.66. The molecule has 0 bridgehead atoms. The number of nitro groups is 1. The zero-order chi connectivity index (χ0) is 21.7. The number of hydrogen-bond acceptors (Lipinski definition) is 5. The van der Waals surface area contributed by atoms with Crippen molar-refractivity contribution in [2.75, 3.05) is 5.43 Å². The van der Waals surface area contributed by atoms with E-state index in [1.54, 1.807) is 30.5 Å². The van der Waals surface area contributed by atoms with Gasteiger partial charge < -0.3 is 4.74 Å². The number of anilines is 1. The number of nitrogens with zero attached hydrogens (tertiary/aromatic N) is 2. The van der Waals surface area contributed by atoms with Gasteiger partial charge in [0, 0.05) is 27.7 Å². The van der Waals surface area contributed by atoms with Gasteiger partial charge in [-0.25, -0.2) is 0 Å². The molecule has 0 fully saturated rings. The van der Waals surface area contributed by atoms with Gasteiger partial charge in [0.1, 0.15) is 12.4 Å². The summed E-state index contributed by atoms with van der Waals surface area (Å²) in [7, 11) is 0. The van der Waals surface area contributed by atoms with Crippen molar-refractivity contribution in [3.05, 3.63) is 97.0 Å². The van der Waals surface area contributed by atoms with E-state index in [1.807, 2.05) is 32.0 Å². The molecule has 0 saturated carbocycles. The van der Waals surface area contributed by atoms with Crippen LogP contribution in [0.25, 0.3) is 0 Å². The third kappa shape index (κ3) is 5.49. The fraction of sp³-hybridized carbons (Fsp3) is 0.136. The van der Waals surface area contributed by atoms with E-state index in [9.17, 15) is 10.1 Å². The molecule has 0 aromatic heterocycles. The number of nitro benzene ring substituents is 1. The molecule has 0 radical (unpaired) electrons. The zero-order valence-electron chi connectivity index (χ0n) is 16.4. The Morgan fingerprint density at radius 2 is 1.73 bits per heavy atom. The van der Waals surface area contributed by atoms with Crippen LogP contribution >= 0.6 is 23.2 Å². The highest BCUT2D eigenvalue weighted by molar-refractivity contribution is 6.35. The Morgan fingerprint density at radius 3 is 2.33 bits per heavy atom. The Kier molecular flexibility index (Phi) is 6.92. The van der Waals surface area contributed by atoms with E-state index in [0.717, 1.165) is 28.0 Å². The van der Waals surface area contributed by atoms with Crippen molar-refractivity contribution in [1.82, 2.24) is 0 Å². The molecule has 0 spiro atoms. The summed E-state index contributed by atoms with van der Waals surface area (Å²) < 4.78 is 5.99. The predicted octanol–water partition coefficient (Wildman–Crippen LogP) is 6.54. The van der Waals surface area contributed by atoms with Gasteiger partial charge in [-0.1, -0.05) is 29.3 Å². The molecule has 3 aromatic rings. The summed E-state index contributed by atoms with van der Waals surface area (Å²) in [4.78, 5) is 10.3. The lowest BCUT2D eigenvalue weighted by molar-refractivity contribution is -0.384. The van der Waals surface area contributed by atoms with Crippen LogP contribution in [0.1, 0.15) is 22.3 Å². The zero-order valence-corrected chi connectivity index (χ0v) is 17.9. The van der Waals surface area contributed by atoms with E-state index in [0.29, 0.717) is 22.3 Å². The summed E-state index contributed by atoms with van der Waals surface area (Å²) in [6.45, 7) is 4.27. The predicted molar refractivity (Wildman–Crippen MR) is 121 cm³/mol. The average molecular weight is 444 g/mol. The summed E-state index contributed by atoms with van der Waals surface area (Å²) >= 11 is 12.1. The molecule has 3 rings (SSSR count). The molecule has 0 atom stereocenters. The normalized spacial score (nSPS) is 10.9. The second-order valence-electron chi connectivity index (χ2n) is 6.68. The molecule has 0 unspecified atom stereocenters. The quantitative estimate of drug-likeness (QED) is 0.255. The van der Waals surface area contributed by atoms with Crippen molar-refractivity contribution >= 4 is 40.8 Å². The molecule has 8 heteroatoms. The second-order valence-corrected chi connectivity index (χ2v) is 7.53. The molecule has 1 N–H and O–H groups in total. The van der Waals surface area contributed by atoms with E-state index in [-0.39, 0.29) is 5.69 Å². The van der Waals surface area contributed by atoms with Crippen LogP contribution in [0, 0.1) is 24.0 Å². The summed E-state index contributed by atoms with van der Waals surface area (Å²) in [5.41, 5.74) is 7.25. The van der Waals surface area contributed by atoms with Gasteiger partial charge in [-0.05, 0) is 66.9 Å². The van der Waals surface area contributed by atoms with Crippen LogP contribution in [0.15, 0.2) is 59.7 Å². The number of benzene rings is 3. The van der Waals surface area contributed by atoms with Gasteiger partial charge in [-0.3, -0.25) is 15.5 Å². The largest absolute Gasteiger partial charge is 0.488 e. The van der Waals surface area contributed by atoms with Crippen LogP contribution in [0.3, 0.4) is 0 Å². The average Bonchev–Trinajstić information content (AvgIpc) is 2.69. The lowest BCUT2D eigenvalue weighted by Gasteiger charge is -2.14. The van der Waals surface area contributed by atoms with Gasteiger partial charge >= 0.3 is 0 Å². The molecule has 0 amide bonds. The van der Waals surface area contributed by atoms with Crippen LogP contribution < -0.4 is 10.2 Å². The highest BCUT2D eigenvalue weighted by Gasteiger charge is 2.08. The lowest BCUT2D eigenvalue weighted by atomic mass is 10.1. The first-order chi connectivity index (χ1) is 14.3. The third-order valence-corrected chi connectivity index (χ3v) is 4.94. The SMILES string of the molecule is Cc1cc(/C=N/Nc2ccc([N+](=O)[O-])cc2)cc(C)c1OCc1ccc(Cl)cc1Cl. The van der Waals surface area contributed by atoms with Gasteiger partial charge in [0.15, 0.2) is 0 Å². The highest BCUT2D eigenvalue weighted by Crippen LogP contribution is 2.27. The number of aryl methyl sites for hydroxylation is 2. The molecule has 0 aliphatic carbocycles. The number of hydrazone groups is 1. The molecular weight excluding hydrogens is 425 g/mol. The minimum atomic E-state index is -0.441. The maximum atomic E-state index is 10.7. The van der Waals surface area contributed by atoms with Crippen molar-refractivity contribution in [2.45, 2.75) is 20.5 Å². The molecule has 6 nitrogen and oxygen atoms in total. The number of rotatable bonds is 7. The number of nitrogens with one attached hydrogen (secondary N) is 1. The van der Waals surface area contributed by atoms with Gasteiger partial charge in [0.05, 0.1) is 16.8 Å². The minimum Gasteiger partial charge on any atom is -0.488 e. The Labute approximate surface area is 184 Å². The molecule has 3 aromatic carbocycles. The van der Waals surface area contributed by atoms with Crippen LogP contribution in [-0.4, -0.2) is 11.1 Å². The topological polar surface area (TPSA) is 76.8 Å². The minimum absolute atomic E-state index is 0.0336. The number of halogens is 2. The summed E-state index contributed by atoms with van der Waals surface area (Å²) in [6.07, 6.45) is 1.68. The molecular formula is C22H19Cl2N3O3. The van der Waals surface area contributed by atoms with Crippen molar-refractivity contribution in [1.29, 1.82) is 0 Å². The fourth-order valence-electron chi connectivity index (χ4n) is 2.91. The lowest BCUT2D eigenvalue weighted by Crippen LogP contribution is -2.01. The first kappa shape index (κ1) is 21.6. The number of non-ortho nitro benzene ring substituents is 1. The first-order valence-corrected chi connectivity index (χ1v) is 9.80.